The molecule has 1 aliphatic carbocycles. The SMILES string of the molecule is Cl.Cn1c2c(c3ccc(N4CCN(CCc5ccc(F)cc5)CC4=O)cc31)CN(C1=CC=C1)CCC2. The number of benzene rings is 2. The van der Waals surface area contributed by atoms with Gasteiger partial charge in [0.25, 0.3) is 0 Å². The van der Waals surface area contributed by atoms with E-state index in [9.17, 15) is 9.18 Å². The average Bonchev–Trinajstić information content (AvgIpc) is 2.96. The van der Waals surface area contributed by atoms with E-state index in [0.29, 0.717) is 13.1 Å². The zero-order valence-electron chi connectivity index (χ0n) is 20.6. The van der Waals surface area contributed by atoms with E-state index < -0.39 is 0 Å². The van der Waals surface area contributed by atoms with Crippen molar-refractivity contribution in [2.45, 2.75) is 25.8 Å². The average molecular weight is 507 g/mol. The third-order valence-electron chi connectivity index (χ3n) is 7.75. The first kappa shape index (κ1) is 24.6. The van der Waals surface area contributed by atoms with Crippen LogP contribution in [0.1, 0.15) is 23.2 Å². The molecule has 0 saturated carbocycles. The van der Waals surface area contributed by atoms with E-state index in [-0.39, 0.29) is 24.1 Å². The van der Waals surface area contributed by atoms with E-state index in [1.54, 1.807) is 0 Å². The Balaban J connectivity index is 0.00000267. The Labute approximate surface area is 217 Å². The molecule has 0 unspecified atom stereocenters. The van der Waals surface area contributed by atoms with Gasteiger partial charge in [-0.3, -0.25) is 9.69 Å². The van der Waals surface area contributed by atoms with E-state index >= 15 is 0 Å². The zero-order valence-corrected chi connectivity index (χ0v) is 21.4. The largest absolute Gasteiger partial charge is 0.367 e. The number of allylic oxidation sites excluding steroid dienone is 3. The molecular formula is C29H32ClFN4O. The summed E-state index contributed by atoms with van der Waals surface area (Å²) in [6.45, 7) is 4.77. The molecule has 1 aromatic heterocycles. The summed E-state index contributed by atoms with van der Waals surface area (Å²) in [4.78, 5) is 19.7. The summed E-state index contributed by atoms with van der Waals surface area (Å²) in [7, 11) is 2.17. The molecule has 188 valence electrons. The van der Waals surface area contributed by atoms with E-state index in [1.165, 1.54) is 40.0 Å². The van der Waals surface area contributed by atoms with E-state index in [4.69, 9.17) is 0 Å². The summed E-state index contributed by atoms with van der Waals surface area (Å²) in [5.74, 6) is -0.0743. The first-order chi connectivity index (χ1) is 17.1. The molecule has 36 heavy (non-hydrogen) atoms. The highest BCUT2D eigenvalue weighted by molar-refractivity contribution is 5.98. The molecule has 1 amide bonds. The van der Waals surface area contributed by atoms with Gasteiger partial charge in [-0.05, 0) is 61.2 Å². The molecule has 1 fully saturated rings. The minimum absolute atomic E-state index is 0. The van der Waals surface area contributed by atoms with E-state index in [0.717, 1.165) is 56.7 Å². The lowest BCUT2D eigenvalue weighted by molar-refractivity contribution is -0.121. The lowest BCUT2D eigenvalue weighted by Crippen LogP contribution is -2.50. The summed E-state index contributed by atoms with van der Waals surface area (Å²) < 4.78 is 15.5. The van der Waals surface area contributed by atoms with Crippen LogP contribution in [0.2, 0.25) is 0 Å². The second kappa shape index (κ2) is 10.1. The van der Waals surface area contributed by atoms with Gasteiger partial charge in [-0.2, -0.15) is 0 Å². The minimum atomic E-state index is -0.214. The first-order valence-electron chi connectivity index (χ1n) is 12.6. The van der Waals surface area contributed by atoms with Crippen LogP contribution in [0.25, 0.3) is 10.9 Å². The molecule has 6 rings (SSSR count). The Morgan fingerprint density at radius 3 is 2.53 bits per heavy atom. The minimum Gasteiger partial charge on any atom is -0.367 e. The fourth-order valence-corrected chi connectivity index (χ4v) is 5.66. The Bertz CT molecular complexity index is 1340. The van der Waals surface area contributed by atoms with Gasteiger partial charge >= 0.3 is 0 Å². The Kier molecular flexibility index (Phi) is 6.91. The van der Waals surface area contributed by atoms with Gasteiger partial charge in [-0.25, -0.2) is 4.39 Å². The monoisotopic (exact) mass is 506 g/mol. The van der Waals surface area contributed by atoms with Crippen molar-refractivity contribution in [2.75, 3.05) is 37.6 Å². The molecule has 3 aromatic rings. The van der Waals surface area contributed by atoms with Gasteiger partial charge in [0, 0.05) is 67.8 Å². The van der Waals surface area contributed by atoms with Gasteiger partial charge in [-0.15, -0.1) is 12.4 Å². The number of piperazine rings is 1. The van der Waals surface area contributed by atoms with Crippen LogP contribution in [0.4, 0.5) is 10.1 Å². The van der Waals surface area contributed by atoms with Crippen LogP contribution in [0.3, 0.4) is 0 Å². The maximum absolute atomic E-state index is 13.1. The third kappa shape index (κ3) is 4.56. The van der Waals surface area contributed by atoms with Crippen molar-refractivity contribution in [3.8, 4) is 0 Å². The van der Waals surface area contributed by atoms with Gasteiger partial charge < -0.3 is 14.4 Å². The Morgan fingerprint density at radius 2 is 1.81 bits per heavy atom. The highest BCUT2D eigenvalue weighted by Crippen LogP contribution is 2.34. The molecule has 0 atom stereocenters. The molecule has 0 N–H and O–H groups in total. The zero-order chi connectivity index (χ0) is 23.9. The molecule has 2 aromatic carbocycles. The van der Waals surface area contributed by atoms with Crippen LogP contribution < -0.4 is 4.90 Å². The predicted octanol–water partition coefficient (Wildman–Crippen LogP) is 4.83. The van der Waals surface area contributed by atoms with E-state index in [2.05, 4.69) is 57.8 Å². The maximum atomic E-state index is 13.1. The van der Waals surface area contributed by atoms with Crippen molar-refractivity contribution in [2.24, 2.45) is 7.05 Å². The number of carbonyl (C=O) groups excluding carboxylic acids is 1. The van der Waals surface area contributed by atoms with Crippen LogP contribution >= 0.6 is 12.4 Å². The molecule has 0 bridgehead atoms. The van der Waals surface area contributed by atoms with Gasteiger partial charge in [0.05, 0.1) is 12.1 Å². The van der Waals surface area contributed by atoms with Crippen LogP contribution in [-0.4, -0.2) is 53.0 Å². The topological polar surface area (TPSA) is 31.7 Å². The Hall–Kier alpha value is -3.09. The number of nitrogens with zero attached hydrogens (tertiary/aromatic N) is 4. The smallest absolute Gasteiger partial charge is 0.241 e. The molecule has 3 aliphatic rings. The second-order valence-corrected chi connectivity index (χ2v) is 9.86. The number of anilines is 1. The normalized spacial score (nSPS) is 17.9. The molecule has 0 radical (unpaired) electrons. The number of hydrogen-bond acceptors (Lipinski definition) is 3. The highest BCUT2D eigenvalue weighted by Gasteiger charge is 2.27. The molecule has 1 saturated heterocycles. The van der Waals surface area contributed by atoms with Crippen LogP contribution in [0.15, 0.2) is 66.4 Å². The number of aryl methyl sites for hydroxylation is 1. The fraction of sp³-hybridized carbons (Fsp3) is 0.345. The van der Waals surface area contributed by atoms with Crippen molar-refractivity contribution >= 4 is 34.9 Å². The van der Waals surface area contributed by atoms with Crippen molar-refractivity contribution < 1.29 is 9.18 Å². The van der Waals surface area contributed by atoms with Gasteiger partial charge in [0.2, 0.25) is 5.91 Å². The summed E-state index contributed by atoms with van der Waals surface area (Å²) in [5, 5.41) is 1.30. The summed E-state index contributed by atoms with van der Waals surface area (Å²) in [6.07, 6.45) is 9.54. The third-order valence-corrected chi connectivity index (χ3v) is 7.75. The lowest BCUT2D eigenvalue weighted by Gasteiger charge is -2.34. The maximum Gasteiger partial charge on any atom is 0.241 e. The van der Waals surface area contributed by atoms with Crippen molar-refractivity contribution in [1.29, 1.82) is 0 Å². The van der Waals surface area contributed by atoms with E-state index in [1.807, 2.05) is 17.0 Å². The predicted molar refractivity (Wildman–Crippen MR) is 145 cm³/mol. The molecular weight excluding hydrogens is 475 g/mol. The fourth-order valence-electron chi connectivity index (χ4n) is 5.66. The van der Waals surface area contributed by atoms with Crippen molar-refractivity contribution in [1.82, 2.24) is 14.4 Å². The number of fused-ring (bicyclic) bond motifs is 3. The van der Waals surface area contributed by atoms with Crippen LogP contribution in [0.5, 0.6) is 0 Å². The van der Waals surface area contributed by atoms with Gasteiger partial charge in [0.1, 0.15) is 5.82 Å². The highest BCUT2D eigenvalue weighted by atomic mass is 35.5. The summed E-state index contributed by atoms with van der Waals surface area (Å²) >= 11 is 0. The van der Waals surface area contributed by atoms with Gasteiger partial charge in [0.15, 0.2) is 0 Å². The molecule has 7 heteroatoms. The lowest BCUT2D eigenvalue weighted by atomic mass is 10.1. The number of hydrogen-bond donors (Lipinski definition) is 0. The second-order valence-electron chi connectivity index (χ2n) is 9.86. The number of rotatable bonds is 5. The number of aromatic nitrogens is 1. The standard InChI is InChI=1S/C29H31FN4O.ClH/c1-31-27-6-3-14-33(23-4-2-5-23)19-26(27)25-12-11-24(18-28(25)31)34-17-16-32(20-29(34)35)15-13-21-7-9-22(30)10-8-21;/h2,4-5,7-12,18H,3,6,13-17,19-20H2,1H3;1H. The molecule has 0 spiro atoms. The summed E-state index contributed by atoms with van der Waals surface area (Å²) in [6, 6.07) is 13.2. The Morgan fingerprint density at radius 1 is 1.00 bits per heavy atom. The quantitative estimate of drug-likeness (QED) is 0.496. The van der Waals surface area contributed by atoms with Crippen LogP contribution in [-0.2, 0) is 31.2 Å². The number of amides is 1. The number of carbonyl (C=O) groups is 1. The van der Waals surface area contributed by atoms with Crippen LogP contribution in [0, 0.1) is 5.82 Å². The van der Waals surface area contributed by atoms with Crippen molar-refractivity contribution in [3.05, 3.63) is 89.0 Å². The van der Waals surface area contributed by atoms with Crippen molar-refractivity contribution in [3.63, 3.8) is 0 Å². The van der Waals surface area contributed by atoms with Gasteiger partial charge in [-0.1, -0.05) is 24.3 Å². The molecule has 2 aliphatic heterocycles. The molecule has 5 nitrogen and oxygen atoms in total. The summed E-state index contributed by atoms with van der Waals surface area (Å²) in [5.41, 5.74) is 7.45. The number of halogens is 2. The molecule has 3 heterocycles. The first-order valence-corrected chi connectivity index (χ1v) is 12.6.